The zero-order valence-corrected chi connectivity index (χ0v) is 32.0. The average molecular weight is 683 g/mol. The Morgan fingerprint density at radius 1 is 0.604 bits per heavy atom. The first kappa shape index (κ1) is 46.1. The number of allylic oxidation sites excluding steroid dienone is 2. The Hall–Kier alpha value is -1.93. The van der Waals surface area contributed by atoms with E-state index in [-0.39, 0.29) is 36.2 Å². The quantitative estimate of drug-likeness (QED) is 0.0307. The summed E-state index contributed by atoms with van der Waals surface area (Å²) in [6.45, 7) is 4.70. The third-order valence-electron chi connectivity index (χ3n) is 8.91. The Balaban J connectivity index is 4.42. The molecule has 0 aliphatic carbocycles. The van der Waals surface area contributed by atoms with Gasteiger partial charge in [0.05, 0.1) is 34.4 Å². The van der Waals surface area contributed by atoms with Crippen LogP contribution in [0.3, 0.4) is 0 Å². The highest BCUT2D eigenvalue weighted by Crippen LogP contribution is 2.14. The van der Waals surface area contributed by atoms with Gasteiger partial charge < -0.3 is 23.8 Å². The molecule has 0 radical (unpaired) electrons. The summed E-state index contributed by atoms with van der Waals surface area (Å²) >= 11 is 0. The predicted molar refractivity (Wildman–Crippen MR) is 197 cm³/mol. The van der Waals surface area contributed by atoms with Crippen LogP contribution in [0, 0.1) is 0 Å². The zero-order chi connectivity index (χ0) is 35.7. The van der Waals surface area contributed by atoms with Crippen molar-refractivity contribution in [3.63, 3.8) is 0 Å². The second kappa shape index (κ2) is 32.3. The van der Waals surface area contributed by atoms with Crippen molar-refractivity contribution in [3.05, 3.63) is 12.2 Å². The summed E-state index contributed by atoms with van der Waals surface area (Å²) in [6, 6.07) is -0.610. The van der Waals surface area contributed by atoms with E-state index in [1.54, 1.807) is 0 Å². The van der Waals surface area contributed by atoms with Gasteiger partial charge in [-0.15, -0.1) is 0 Å². The molecule has 0 aromatic rings. The molecule has 8 nitrogen and oxygen atoms in total. The molecule has 0 aromatic heterocycles. The van der Waals surface area contributed by atoms with Gasteiger partial charge in [0.25, 0.3) is 0 Å². The number of aliphatic carboxylic acids is 1. The van der Waals surface area contributed by atoms with E-state index in [0.29, 0.717) is 19.3 Å². The fourth-order valence-corrected chi connectivity index (χ4v) is 5.79. The van der Waals surface area contributed by atoms with Crippen LogP contribution in [0.1, 0.15) is 174 Å². The van der Waals surface area contributed by atoms with Gasteiger partial charge in [0.1, 0.15) is 6.61 Å². The van der Waals surface area contributed by atoms with E-state index >= 15 is 0 Å². The molecule has 8 heteroatoms. The minimum Gasteiger partial charge on any atom is -0.477 e. The highest BCUT2D eigenvalue weighted by molar-refractivity contribution is 5.72. The van der Waals surface area contributed by atoms with Crippen molar-refractivity contribution in [1.29, 1.82) is 0 Å². The molecule has 0 bridgehead atoms. The molecule has 0 fully saturated rings. The van der Waals surface area contributed by atoms with E-state index in [1.165, 1.54) is 89.9 Å². The number of likely N-dealkylation sites (N-methyl/N-ethyl adjacent to an activating group) is 1. The lowest BCUT2D eigenvalue weighted by Crippen LogP contribution is -2.50. The van der Waals surface area contributed by atoms with E-state index in [1.807, 2.05) is 21.1 Å². The molecule has 0 saturated carbocycles. The molecule has 2 atom stereocenters. The first-order valence-corrected chi connectivity index (χ1v) is 19.7. The van der Waals surface area contributed by atoms with Crippen LogP contribution in [0.2, 0.25) is 0 Å². The minimum absolute atomic E-state index is 0.0539. The number of unbranched alkanes of at least 4 members (excludes halogenated alkanes) is 19. The van der Waals surface area contributed by atoms with Gasteiger partial charge in [-0.1, -0.05) is 129 Å². The summed E-state index contributed by atoms with van der Waals surface area (Å²) in [5, 5.41) is 9.58. The Labute approximate surface area is 295 Å². The lowest BCUT2D eigenvalue weighted by molar-refractivity contribution is -0.887. The molecule has 0 heterocycles. The van der Waals surface area contributed by atoms with Crippen LogP contribution in [0.5, 0.6) is 0 Å². The number of carbonyl (C=O) groups is 3. The highest BCUT2D eigenvalue weighted by Gasteiger charge is 2.31. The molecular formula is C40H76NO7+. The molecule has 0 spiro atoms. The topological polar surface area (TPSA) is 99.1 Å². The van der Waals surface area contributed by atoms with Gasteiger partial charge in [-0.3, -0.25) is 9.59 Å². The third-order valence-corrected chi connectivity index (χ3v) is 8.91. The minimum atomic E-state index is -0.876. The summed E-state index contributed by atoms with van der Waals surface area (Å²) in [4.78, 5) is 36.7. The van der Waals surface area contributed by atoms with Gasteiger partial charge in [0, 0.05) is 19.3 Å². The SMILES string of the molecule is CCCCCCCC/C=C/CCCCCC(=O)OCC(COCCC(C(=O)O)[N+](C)(C)C)OC(=O)CCCCCCCCCCCCC. The summed E-state index contributed by atoms with van der Waals surface area (Å²) in [5.41, 5.74) is 0. The third kappa shape index (κ3) is 30.2. The van der Waals surface area contributed by atoms with Crippen LogP contribution in [0.4, 0.5) is 0 Å². The van der Waals surface area contributed by atoms with Crippen LogP contribution in [-0.2, 0) is 28.6 Å². The number of ether oxygens (including phenoxy) is 3. The molecule has 48 heavy (non-hydrogen) atoms. The molecule has 0 aliphatic rings. The average Bonchev–Trinajstić information content (AvgIpc) is 3.03. The van der Waals surface area contributed by atoms with Crippen molar-refractivity contribution in [2.75, 3.05) is 41.0 Å². The highest BCUT2D eigenvalue weighted by atomic mass is 16.6. The Morgan fingerprint density at radius 2 is 1.04 bits per heavy atom. The number of nitrogens with zero attached hydrogens (tertiary/aromatic N) is 1. The number of carboxylic acids is 1. The van der Waals surface area contributed by atoms with E-state index in [4.69, 9.17) is 14.2 Å². The molecule has 0 amide bonds. The fraction of sp³-hybridized carbons (Fsp3) is 0.875. The van der Waals surface area contributed by atoms with Crippen LogP contribution < -0.4 is 0 Å². The van der Waals surface area contributed by atoms with E-state index < -0.39 is 18.1 Å². The second-order valence-corrected chi connectivity index (χ2v) is 14.5. The molecule has 1 N–H and O–H groups in total. The fourth-order valence-electron chi connectivity index (χ4n) is 5.79. The number of carboxylic acid groups (broad SMARTS) is 1. The van der Waals surface area contributed by atoms with E-state index in [0.717, 1.165) is 51.4 Å². The number of rotatable bonds is 35. The molecule has 0 aliphatic heterocycles. The maximum Gasteiger partial charge on any atom is 0.362 e. The van der Waals surface area contributed by atoms with Crippen molar-refractivity contribution >= 4 is 17.9 Å². The first-order chi connectivity index (χ1) is 23.1. The summed E-state index contributed by atoms with van der Waals surface area (Å²) < 4.78 is 17.2. The molecule has 282 valence electrons. The standard InChI is InChI=1S/C40H75NO7/c1-6-8-10-12-14-16-18-19-21-22-24-26-28-30-38(42)47-35-36(34-46-33-32-37(40(44)45)41(3,4)5)48-39(43)31-29-27-25-23-20-17-15-13-11-9-7-2/h19,21,36-37H,6-18,20,22-35H2,1-5H3/p+1/b21-19+. The van der Waals surface area contributed by atoms with Crippen molar-refractivity contribution < 1.29 is 38.2 Å². The Kier molecular flexibility index (Phi) is 31.0. The van der Waals surface area contributed by atoms with Gasteiger partial charge in [-0.25, -0.2) is 4.79 Å². The molecule has 0 aromatic carbocycles. The second-order valence-electron chi connectivity index (χ2n) is 14.5. The van der Waals surface area contributed by atoms with Crippen LogP contribution in [0.25, 0.3) is 0 Å². The number of hydrogen-bond donors (Lipinski definition) is 1. The number of hydrogen-bond acceptors (Lipinski definition) is 6. The molecule has 0 rings (SSSR count). The zero-order valence-electron chi connectivity index (χ0n) is 32.0. The van der Waals surface area contributed by atoms with E-state index in [2.05, 4.69) is 26.0 Å². The largest absolute Gasteiger partial charge is 0.477 e. The molecule has 2 unspecified atom stereocenters. The molecular weight excluding hydrogens is 606 g/mol. The Morgan fingerprint density at radius 3 is 1.52 bits per heavy atom. The van der Waals surface area contributed by atoms with Crippen molar-refractivity contribution in [3.8, 4) is 0 Å². The lowest BCUT2D eigenvalue weighted by atomic mass is 10.1. The first-order valence-electron chi connectivity index (χ1n) is 19.7. The van der Waals surface area contributed by atoms with Crippen LogP contribution >= 0.6 is 0 Å². The predicted octanol–water partition coefficient (Wildman–Crippen LogP) is 9.97. The lowest BCUT2D eigenvalue weighted by Gasteiger charge is -2.31. The number of esters is 2. The Bertz CT molecular complexity index is 808. The number of carbonyl (C=O) groups excluding carboxylic acids is 2. The normalized spacial score (nSPS) is 13.1. The van der Waals surface area contributed by atoms with Crippen LogP contribution in [-0.4, -0.2) is 80.6 Å². The monoisotopic (exact) mass is 683 g/mol. The van der Waals surface area contributed by atoms with Crippen LogP contribution in [0.15, 0.2) is 12.2 Å². The van der Waals surface area contributed by atoms with Gasteiger partial charge in [0.15, 0.2) is 12.1 Å². The maximum absolute atomic E-state index is 12.6. The summed E-state index contributed by atoms with van der Waals surface area (Å²) in [7, 11) is 5.52. The smallest absolute Gasteiger partial charge is 0.362 e. The maximum atomic E-state index is 12.6. The van der Waals surface area contributed by atoms with Gasteiger partial charge in [0.2, 0.25) is 0 Å². The van der Waals surface area contributed by atoms with Crippen molar-refractivity contribution in [2.24, 2.45) is 0 Å². The van der Waals surface area contributed by atoms with Crippen molar-refractivity contribution in [2.45, 2.75) is 187 Å². The van der Waals surface area contributed by atoms with Gasteiger partial charge in [-0.2, -0.15) is 0 Å². The molecule has 0 saturated heterocycles. The van der Waals surface area contributed by atoms with Gasteiger partial charge in [-0.05, 0) is 38.5 Å². The number of quaternary nitrogens is 1. The summed E-state index contributed by atoms with van der Waals surface area (Å²) in [5.74, 6) is -1.48. The summed E-state index contributed by atoms with van der Waals surface area (Å²) in [6.07, 6.45) is 31.0. The van der Waals surface area contributed by atoms with E-state index in [9.17, 15) is 19.5 Å². The van der Waals surface area contributed by atoms with Crippen molar-refractivity contribution in [1.82, 2.24) is 0 Å². The van der Waals surface area contributed by atoms with Gasteiger partial charge >= 0.3 is 17.9 Å².